The van der Waals surface area contributed by atoms with E-state index in [0.717, 1.165) is 21.9 Å². The first-order valence-corrected chi connectivity index (χ1v) is 7.44. The fourth-order valence-corrected chi connectivity index (χ4v) is 3.50. The molecule has 2 nitrogen and oxygen atoms in total. The second-order valence-corrected chi connectivity index (χ2v) is 6.13. The molecule has 0 radical (unpaired) electrons. The minimum Gasteiger partial charge on any atom is -0.453 e. The molecule has 1 saturated heterocycles. The number of carbonyl (C=O) groups excluding carboxylic acids is 1. The number of hydrogen-bond donors (Lipinski definition) is 0. The fourth-order valence-electron chi connectivity index (χ4n) is 2.48. The number of cyclic esters (lactones) is 1. The number of thiophene rings is 1. The van der Waals surface area contributed by atoms with Gasteiger partial charge in [0.1, 0.15) is 0 Å². The minimum absolute atomic E-state index is 0.109. The summed E-state index contributed by atoms with van der Waals surface area (Å²) in [6.45, 7) is 0. The van der Waals surface area contributed by atoms with Gasteiger partial charge in [0.05, 0.1) is 0 Å². The summed E-state index contributed by atoms with van der Waals surface area (Å²) >= 11 is 7.54. The van der Waals surface area contributed by atoms with Gasteiger partial charge in [0.15, 0.2) is 5.60 Å². The van der Waals surface area contributed by atoms with Gasteiger partial charge >= 0.3 is 5.97 Å². The van der Waals surface area contributed by atoms with E-state index in [2.05, 4.69) is 0 Å². The summed E-state index contributed by atoms with van der Waals surface area (Å²) in [4.78, 5) is 12.7. The van der Waals surface area contributed by atoms with Crippen LogP contribution in [0.1, 0.15) is 23.3 Å². The maximum atomic E-state index is 11.6. The predicted octanol–water partition coefficient (Wildman–Crippen LogP) is 4.18. The summed E-state index contributed by atoms with van der Waals surface area (Å²) in [6, 6.07) is 11.8. The van der Waals surface area contributed by atoms with Crippen LogP contribution in [0.15, 0.2) is 41.8 Å². The Hall–Kier alpha value is -1.32. The van der Waals surface area contributed by atoms with E-state index >= 15 is 0 Å². The van der Waals surface area contributed by atoms with Crippen LogP contribution in [-0.4, -0.2) is 5.97 Å². The lowest BCUT2D eigenvalue weighted by Gasteiger charge is -2.26. The summed E-state index contributed by atoms with van der Waals surface area (Å²) in [5.74, 6) is -0.109. The summed E-state index contributed by atoms with van der Waals surface area (Å²) in [6.07, 6.45) is 1.94. The van der Waals surface area contributed by atoms with Crippen LogP contribution >= 0.6 is 22.9 Å². The highest BCUT2D eigenvalue weighted by atomic mass is 35.5. The number of halogens is 1. The Labute approximate surface area is 121 Å². The van der Waals surface area contributed by atoms with Crippen molar-refractivity contribution in [3.8, 4) is 0 Å². The quantitative estimate of drug-likeness (QED) is 0.794. The van der Waals surface area contributed by atoms with E-state index in [0.29, 0.717) is 12.8 Å². The van der Waals surface area contributed by atoms with E-state index in [1.807, 2.05) is 41.8 Å². The van der Waals surface area contributed by atoms with Crippen LogP contribution in [0.2, 0.25) is 5.02 Å². The second kappa shape index (κ2) is 4.99. The average Bonchev–Trinajstić information content (AvgIpc) is 3.03. The first-order valence-electron chi connectivity index (χ1n) is 6.18. The molecule has 1 fully saturated rings. The van der Waals surface area contributed by atoms with Gasteiger partial charge in [-0.25, -0.2) is 0 Å². The molecule has 4 heteroatoms. The van der Waals surface area contributed by atoms with Gasteiger partial charge in [0, 0.05) is 29.2 Å². The van der Waals surface area contributed by atoms with E-state index in [1.54, 1.807) is 11.3 Å². The maximum absolute atomic E-state index is 11.6. The smallest absolute Gasteiger partial charge is 0.306 e. The van der Waals surface area contributed by atoms with Crippen molar-refractivity contribution in [1.82, 2.24) is 0 Å². The van der Waals surface area contributed by atoms with Gasteiger partial charge in [-0.1, -0.05) is 29.8 Å². The van der Waals surface area contributed by atoms with Gasteiger partial charge in [-0.15, -0.1) is 11.3 Å². The Morgan fingerprint density at radius 2 is 2.05 bits per heavy atom. The molecule has 3 rings (SSSR count). The van der Waals surface area contributed by atoms with Gasteiger partial charge in [-0.2, -0.15) is 0 Å². The number of benzene rings is 1. The van der Waals surface area contributed by atoms with Crippen molar-refractivity contribution >= 4 is 28.9 Å². The van der Waals surface area contributed by atoms with Crippen LogP contribution < -0.4 is 0 Å². The molecule has 0 aliphatic carbocycles. The highest BCUT2D eigenvalue weighted by Crippen LogP contribution is 2.41. The molecular weight excluding hydrogens is 280 g/mol. The van der Waals surface area contributed by atoms with E-state index < -0.39 is 5.60 Å². The van der Waals surface area contributed by atoms with Crippen molar-refractivity contribution in [3.05, 3.63) is 57.2 Å². The van der Waals surface area contributed by atoms with E-state index in [9.17, 15) is 4.79 Å². The molecule has 19 heavy (non-hydrogen) atoms. The van der Waals surface area contributed by atoms with Gasteiger partial charge in [0.2, 0.25) is 0 Å². The second-order valence-electron chi connectivity index (χ2n) is 4.75. The molecule has 0 amide bonds. The molecule has 98 valence electrons. The number of carbonyl (C=O) groups is 1. The third-order valence-electron chi connectivity index (χ3n) is 3.42. The molecular formula is C15H13ClO2S. The largest absolute Gasteiger partial charge is 0.453 e. The predicted molar refractivity (Wildman–Crippen MR) is 76.5 cm³/mol. The van der Waals surface area contributed by atoms with Crippen LogP contribution in [0.25, 0.3) is 0 Å². The van der Waals surface area contributed by atoms with Crippen LogP contribution in [0.3, 0.4) is 0 Å². The fraction of sp³-hybridized carbons (Fsp3) is 0.267. The molecule has 0 saturated carbocycles. The highest BCUT2D eigenvalue weighted by Gasteiger charge is 2.42. The number of hydrogen-bond acceptors (Lipinski definition) is 3. The van der Waals surface area contributed by atoms with Crippen molar-refractivity contribution in [2.45, 2.75) is 24.9 Å². The van der Waals surface area contributed by atoms with Crippen molar-refractivity contribution < 1.29 is 9.53 Å². The van der Waals surface area contributed by atoms with Crippen LogP contribution in [0, 0.1) is 0 Å². The number of rotatable bonds is 3. The molecule has 0 bridgehead atoms. The zero-order valence-electron chi connectivity index (χ0n) is 10.3. The van der Waals surface area contributed by atoms with Crippen LogP contribution in [-0.2, 0) is 21.6 Å². The van der Waals surface area contributed by atoms with E-state index in [4.69, 9.17) is 16.3 Å². The summed E-state index contributed by atoms with van der Waals surface area (Å²) in [7, 11) is 0. The molecule has 0 spiro atoms. The maximum Gasteiger partial charge on any atom is 0.306 e. The van der Waals surface area contributed by atoms with Gasteiger partial charge in [-0.3, -0.25) is 4.79 Å². The zero-order valence-corrected chi connectivity index (χ0v) is 11.8. The standard InChI is InChI=1S/C15H13ClO2S/c16-12-5-3-11(4-6-12)10-15(8-7-14(17)18-15)13-2-1-9-19-13/h1-6,9H,7-8,10H2. The molecule has 1 aliphatic rings. The topological polar surface area (TPSA) is 26.3 Å². The molecule has 0 N–H and O–H groups in total. The van der Waals surface area contributed by atoms with E-state index in [-0.39, 0.29) is 5.97 Å². The van der Waals surface area contributed by atoms with Crippen molar-refractivity contribution in [3.63, 3.8) is 0 Å². The third-order valence-corrected chi connectivity index (χ3v) is 4.72. The van der Waals surface area contributed by atoms with E-state index in [1.165, 1.54) is 0 Å². The zero-order chi connectivity index (χ0) is 13.3. The lowest BCUT2D eigenvalue weighted by molar-refractivity contribution is -0.148. The summed E-state index contributed by atoms with van der Waals surface area (Å²) in [5.41, 5.74) is 0.645. The molecule has 2 heterocycles. The Morgan fingerprint density at radius 3 is 2.63 bits per heavy atom. The molecule has 1 aliphatic heterocycles. The Balaban J connectivity index is 1.92. The summed E-state index contributed by atoms with van der Waals surface area (Å²) < 4.78 is 5.67. The lowest BCUT2D eigenvalue weighted by atomic mass is 9.90. The molecule has 1 atom stereocenters. The van der Waals surface area contributed by atoms with Crippen molar-refractivity contribution in [2.75, 3.05) is 0 Å². The van der Waals surface area contributed by atoms with Gasteiger partial charge in [0.25, 0.3) is 0 Å². The monoisotopic (exact) mass is 292 g/mol. The van der Waals surface area contributed by atoms with Crippen LogP contribution in [0.5, 0.6) is 0 Å². The van der Waals surface area contributed by atoms with Gasteiger partial charge < -0.3 is 4.74 Å². The third kappa shape index (κ3) is 2.53. The molecule has 2 aromatic rings. The Kier molecular flexibility index (Phi) is 3.33. The van der Waals surface area contributed by atoms with Crippen molar-refractivity contribution in [1.29, 1.82) is 0 Å². The normalized spacial score (nSPS) is 22.5. The SMILES string of the molecule is O=C1CCC(Cc2ccc(Cl)cc2)(c2cccs2)O1. The van der Waals surface area contributed by atoms with Gasteiger partial charge in [-0.05, 0) is 29.1 Å². The Morgan fingerprint density at radius 1 is 1.26 bits per heavy atom. The first kappa shape index (κ1) is 12.7. The number of ether oxygens (including phenoxy) is 1. The molecule has 1 unspecified atom stereocenters. The van der Waals surface area contributed by atoms with Crippen molar-refractivity contribution in [2.24, 2.45) is 0 Å². The Bertz CT molecular complexity index is 577. The molecule has 1 aromatic heterocycles. The summed E-state index contributed by atoms with van der Waals surface area (Å²) in [5, 5.41) is 2.74. The average molecular weight is 293 g/mol. The van der Waals surface area contributed by atoms with Crippen LogP contribution in [0.4, 0.5) is 0 Å². The molecule has 1 aromatic carbocycles. The lowest BCUT2D eigenvalue weighted by Crippen LogP contribution is -2.27. The highest BCUT2D eigenvalue weighted by molar-refractivity contribution is 7.10. The first-order chi connectivity index (χ1) is 9.18. The number of esters is 1. The minimum atomic E-state index is -0.487.